The van der Waals surface area contributed by atoms with E-state index < -0.39 is 18.1 Å². The summed E-state index contributed by atoms with van der Waals surface area (Å²) >= 11 is 0. The van der Waals surface area contributed by atoms with E-state index in [1.165, 1.54) is 6.92 Å². The molecule has 1 unspecified atom stereocenters. The van der Waals surface area contributed by atoms with Gasteiger partial charge in [-0.15, -0.1) is 0 Å². The summed E-state index contributed by atoms with van der Waals surface area (Å²) in [4.78, 5) is 7.24. The van der Waals surface area contributed by atoms with Gasteiger partial charge in [0.1, 0.15) is 5.71 Å². The van der Waals surface area contributed by atoms with E-state index >= 15 is 0 Å². The first kappa shape index (κ1) is 15.8. The van der Waals surface area contributed by atoms with E-state index in [1.807, 2.05) is 12.8 Å². The quantitative estimate of drug-likeness (QED) is 0.658. The molecule has 0 spiro atoms. The van der Waals surface area contributed by atoms with Crippen molar-refractivity contribution in [2.45, 2.75) is 26.2 Å². The first-order chi connectivity index (χ1) is 11.5. The average Bonchev–Trinajstić information content (AvgIpc) is 2.94. The fourth-order valence-corrected chi connectivity index (χ4v) is 2.89. The van der Waals surface area contributed by atoms with Crippen LogP contribution in [0.1, 0.15) is 24.1 Å². The van der Waals surface area contributed by atoms with E-state index in [0.29, 0.717) is 5.56 Å². The fraction of sp³-hybridized carbons (Fsp3) is 0.235. The van der Waals surface area contributed by atoms with E-state index in [2.05, 4.69) is 20.0 Å². The molecular formula is C17H12F2N5-. The molecule has 120 valence electrons. The number of aryl methyl sites for hydroxylation is 1. The Morgan fingerprint density at radius 1 is 1.38 bits per heavy atom. The molecule has 0 saturated heterocycles. The lowest BCUT2D eigenvalue weighted by atomic mass is 9.83. The van der Waals surface area contributed by atoms with Crippen LogP contribution in [0, 0.1) is 13.5 Å². The number of alkyl halides is 2. The van der Waals surface area contributed by atoms with E-state index in [0.717, 1.165) is 16.6 Å². The summed E-state index contributed by atoms with van der Waals surface area (Å²) in [5, 5.41) is 17.2. The van der Waals surface area contributed by atoms with Gasteiger partial charge in [0.2, 0.25) is 0 Å². The Balaban J connectivity index is 2.26. The number of allylic oxidation sites excluding steroid dienone is 2. The van der Waals surface area contributed by atoms with Crippen LogP contribution in [0.5, 0.6) is 0 Å². The Kier molecular flexibility index (Phi) is 3.84. The molecular weight excluding hydrogens is 312 g/mol. The molecule has 24 heavy (non-hydrogen) atoms. The molecule has 1 aliphatic rings. The van der Waals surface area contributed by atoms with Crippen molar-refractivity contribution in [3.05, 3.63) is 63.3 Å². The minimum absolute atomic E-state index is 0.179. The third kappa shape index (κ3) is 2.34. The van der Waals surface area contributed by atoms with Crippen molar-refractivity contribution in [3.63, 3.8) is 0 Å². The van der Waals surface area contributed by atoms with Gasteiger partial charge in [-0.25, -0.2) is 13.6 Å². The van der Waals surface area contributed by atoms with Gasteiger partial charge < -0.3 is 5.41 Å². The zero-order chi connectivity index (χ0) is 17.4. The molecule has 0 saturated carbocycles. The predicted octanol–water partition coefficient (Wildman–Crippen LogP) is 3.99. The highest BCUT2D eigenvalue weighted by Gasteiger charge is 2.34. The summed E-state index contributed by atoms with van der Waals surface area (Å²) < 4.78 is 26.6. The van der Waals surface area contributed by atoms with Gasteiger partial charge in [0.15, 0.2) is 5.70 Å². The molecule has 1 N–H and O–H groups in total. The number of aromatic amines is 1. The first-order valence-corrected chi connectivity index (χ1v) is 7.14. The van der Waals surface area contributed by atoms with Gasteiger partial charge in [0.05, 0.1) is 18.0 Å². The zero-order valence-electron chi connectivity index (χ0n) is 12.9. The number of halogens is 2. The third-order valence-corrected chi connectivity index (χ3v) is 4.05. The van der Waals surface area contributed by atoms with Crippen molar-refractivity contribution in [2.75, 3.05) is 0 Å². The summed E-state index contributed by atoms with van der Waals surface area (Å²) in [6.07, 6.45) is -2.87. The second kappa shape index (κ2) is 5.84. The van der Waals surface area contributed by atoms with Gasteiger partial charge in [-0.2, -0.15) is 5.10 Å². The van der Waals surface area contributed by atoms with Crippen molar-refractivity contribution in [2.24, 2.45) is 4.99 Å². The molecule has 0 aliphatic carbocycles. The molecule has 1 aromatic carbocycles. The Hall–Kier alpha value is -3.10. The van der Waals surface area contributed by atoms with Crippen molar-refractivity contribution in [3.8, 4) is 0 Å². The van der Waals surface area contributed by atoms with Crippen molar-refractivity contribution in [1.82, 2.24) is 10.2 Å². The second-order valence-corrected chi connectivity index (χ2v) is 5.46. The van der Waals surface area contributed by atoms with Gasteiger partial charge in [-0.1, -0.05) is 6.07 Å². The average molecular weight is 324 g/mol. The van der Waals surface area contributed by atoms with Crippen LogP contribution in [0.2, 0.25) is 0 Å². The molecule has 2 aromatic rings. The molecule has 1 aromatic heterocycles. The first-order valence-electron chi connectivity index (χ1n) is 7.14. The number of H-pyrrole nitrogens is 1. The van der Waals surface area contributed by atoms with E-state index in [1.54, 1.807) is 18.2 Å². The van der Waals surface area contributed by atoms with Crippen molar-refractivity contribution >= 4 is 22.5 Å². The van der Waals surface area contributed by atoms with Gasteiger partial charge in [-0.3, -0.25) is 16.0 Å². The number of aliphatic imine (C=N–C) groups is 1. The van der Waals surface area contributed by atoms with Gasteiger partial charge in [0, 0.05) is 16.8 Å². The van der Waals surface area contributed by atoms with Crippen LogP contribution >= 0.6 is 0 Å². The predicted molar refractivity (Wildman–Crippen MR) is 88.2 cm³/mol. The number of benzene rings is 1. The summed E-state index contributed by atoms with van der Waals surface area (Å²) in [5.74, 6) is 0.990. The summed E-state index contributed by atoms with van der Waals surface area (Å²) in [6, 6.07) is 5.23. The summed E-state index contributed by atoms with van der Waals surface area (Å²) in [5.41, 5.74) is 1.83. The fourth-order valence-electron chi connectivity index (χ4n) is 2.89. The Morgan fingerprint density at radius 2 is 2.12 bits per heavy atom. The number of fused-ring (bicyclic) bond motifs is 1. The minimum Gasteiger partial charge on any atom is -0.763 e. The third-order valence-electron chi connectivity index (χ3n) is 4.05. The second-order valence-electron chi connectivity index (χ2n) is 5.46. The summed E-state index contributed by atoms with van der Waals surface area (Å²) in [7, 11) is 0. The van der Waals surface area contributed by atoms with Crippen molar-refractivity contribution in [1.29, 1.82) is 0 Å². The molecule has 0 amide bonds. The smallest absolute Gasteiger partial charge is 0.281 e. The normalized spacial score (nSPS) is 17.9. The SMILES string of the molecule is [C-]#[N+]C1=C(C)N=C(C(F)F)C(=C=[N-])C1c1ccc2n[nH]c(C)c2c1. The summed E-state index contributed by atoms with van der Waals surface area (Å²) in [6.45, 7) is 10.7. The maximum absolute atomic E-state index is 13.3. The molecule has 7 heteroatoms. The standard InChI is InChI=1S/C17H12F2N5/c1-8-11-6-10(4-5-13(11)24-23-8)14-12(7-20)16(17(18)19)22-9(2)15(14)21-3/h4-6,14,17H,1-2H3,(H,23,24)/q-1. The Morgan fingerprint density at radius 3 is 2.75 bits per heavy atom. The molecule has 1 atom stereocenters. The lowest BCUT2D eigenvalue weighted by Crippen LogP contribution is -2.24. The number of hydrogen-bond donors (Lipinski definition) is 1. The molecule has 0 radical (unpaired) electrons. The lowest BCUT2D eigenvalue weighted by molar-refractivity contribution is 0.225. The molecule has 5 nitrogen and oxygen atoms in total. The van der Waals surface area contributed by atoms with E-state index in [-0.39, 0.29) is 17.0 Å². The molecule has 0 fully saturated rings. The Bertz CT molecular complexity index is 984. The monoisotopic (exact) mass is 324 g/mol. The molecule has 0 bridgehead atoms. The number of rotatable bonds is 2. The zero-order valence-corrected chi connectivity index (χ0v) is 12.9. The van der Waals surface area contributed by atoms with Crippen LogP contribution in [0.3, 0.4) is 0 Å². The topological polar surface area (TPSA) is 67.7 Å². The van der Waals surface area contributed by atoms with E-state index in [4.69, 9.17) is 6.57 Å². The maximum Gasteiger partial charge on any atom is 0.281 e. The van der Waals surface area contributed by atoms with Crippen LogP contribution in [0.4, 0.5) is 8.78 Å². The molecule has 1 aliphatic heterocycles. The van der Waals surface area contributed by atoms with Crippen LogP contribution < -0.4 is 0 Å². The van der Waals surface area contributed by atoms with Crippen molar-refractivity contribution < 1.29 is 8.78 Å². The number of aromatic nitrogens is 2. The van der Waals surface area contributed by atoms with Crippen LogP contribution in [-0.4, -0.2) is 28.2 Å². The highest BCUT2D eigenvalue weighted by Crippen LogP contribution is 2.40. The van der Waals surface area contributed by atoms with Gasteiger partial charge in [0.25, 0.3) is 6.43 Å². The highest BCUT2D eigenvalue weighted by molar-refractivity contribution is 6.12. The highest BCUT2D eigenvalue weighted by atomic mass is 19.3. The van der Waals surface area contributed by atoms with Gasteiger partial charge in [-0.05, 0) is 37.1 Å². The molecule has 2 heterocycles. The number of hydrogen-bond acceptors (Lipinski definition) is 2. The lowest BCUT2D eigenvalue weighted by Gasteiger charge is -2.26. The Labute approximate surface area is 136 Å². The van der Waals surface area contributed by atoms with E-state index in [9.17, 15) is 14.2 Å². The van der Waals surface area contributed by atoms with Crippen LogP contribution in [-0.2, 0) is 0 Å². The van der Waals surface area contributed by atoms with Gasteiger partial charge >= 0.3 is 0 Å². The number of nitrogens with zero attached hydrogens (tertiary/aromatic N) is 4. The van der Waals surface area contributed by atoms with Crippen LogP contribution in [0.15, 0.2) is 40.2 Å². The minimum atomic E-state index is -2.87. The maximum atomic E-state index is 13.3. The largest absolute Gasteiger partial charge is 0.763 e. The molecule has 3 rings (SSSR count). The van der Waals surface area contributed by atoms with Crippen LogP contribution in [0.25, 0.3) is 21.2 Å². The number of nitrogens with one attached hydrogen (secondary N) is 1.